The molecule has 0 fully saturated rings. The lowest BCUT2D eigenvalue weighted by molar-refractivity contribution is -0.384. The number of carbonyl (C=O) groups is 2. The van der Waals surface area contributed by atoms with Crippen molar-refractivity contribution in [3.05, 3.63) is 99.6 Å². The molecule has 43 heavy (non-hydrogen) atoms. The molecule has 230 valence electrons. The number of sulfonamides is 1. The third kappa shape index (κ3) is 9.27. The van der Waals surface area contributed by atoms with Crippen LogP contribution in [0.25, 0.3) is 0 Å². The van der Waals surface area contributed by atoms with Crippen LogP contribution < -0.4 is 14.4 Å². The highest BCUT2D eigenvalue weighted by atomic mass is 32.2. The van der Waals surface area contributed by atoms with Gasteiger partial charge in [-0.2, -0.15) is 0 Å². The number of methoxy groups -OCH3 is 1. The number of nitrogens with one attached hydrogen (secondary N) is 1. The van der Waals surface area contributed by atoms with Gasteiger partial charge in [0.25, 0.3) is 5.69 Å². The van der Waals surface area contributed by atoms with E-state index in [-0.39, 0.29) is 36.2 Å². The maximum atomic E-state index is 14.2. The van der Waals surface area contributed by atoms with Crippen molar-refractivity contribution in [2.45, 2.75) is 39.8 Å². The number of nitro groups is 1. The molecule has 1 N–H and O–H groups in total. The quantitative estimate of drug-likeness (QED) is 0.214. The van der Waals surface area contributed by atoms with E-state index < -0.39 is 33.4 Å². The van der Waals surface area contributed by atoms with Crippen molar-refractivity contribution in [2.24, 2.45) is 5.92 Å². The number of rotatable bonds is 14. The van der Waals surface area contributed by atoms with Crippen LogP contribution >= 0.6 is 0 Å². The molecule has 0 spiro atoms. The summed E-state index contributed by atoms with van der Waals surface area (Å²) >= 11 is 0. The SMILES string of the molecule is COc1cccc(CN(C(=O)CN(c2cc([N+](=O)[O-])ccc2C)S(C)(=O)=O)[C@@H](Cc2ccccc2)C(=O)NCC(C)C)c1. The molecule has 0 radical (unpaired) electrons. The molecule has 0 aliphatic rings. The van der Waals surface area contributed by atoms with Gasteiger partial charge in [-0.15, -0.1) is 0 Å². The number of carbonyl (C=O) groups excluding carboxylic acids is 2. The number of benzene rings is 3. The lowest BCUT2D eigenvalue weighted by Gasteiger charge is -2.34. The average Bonchev–Trinajstić information content (AvgIpc) is 2.96. The van der Waals surface area contributed by atoms with Gasteiger partial charge >= 0.3 is 0 Å². The molecule has 0 aliphatic heterocycles. The zero-order valence-corrected chi connectivity index (χ0v) is 25.8. The lowest BCUT2D eigenvalue weighted by atomic mass is 10.0. The Morgan fingerprint density at radius 2 is 1.67 bits per heavy atom. The Morgan fingerprint density at radius 3 is 2.28 bits per heavy atom. The Kier molecular flexibility index (Phi) is 11.2. The number of anilines is 1. The Hall–Kier alpha value is -4.45. The number of aryl methyl sites for hydroxylation is 1. The maximum absolute atomic E-state index is 14.2. The van der Waals surface area contributed by atoms with Gasteiger partial charge in [0.2, 0.25) is 21.8 Å². The molecule has 2 amide bonds. The van der Waals surface area contributed by atoms with Crippen molar-refractivity contribution in [3.8, 4) is 5.75 Å². The van der Waals surface area contributed by atoms with Gasteiger partial charge in [-0.05, 0) is 41.7 Å². The lowest BCUT2D eigenvalue weighted by Crippen LogP contribution is -2.53. The number of amides is 2. The molecular formula is C31H38N4O7S. The number of hydrogen-bond donors (Lipinski definition) is 1. The fourth-order valence-corrected chi connectivity index (χ4v) is 5.42. The van der Waals surface area contributed by atoms with E-state index in [0.29, 0.717) is 23.4 Å². The molecule has 12 heteroatoms. The third-order valence-corrected chi connectivity index (χ3v) is 7.92. The van der Waals surface area contributed by atoms with E-state index in [1.54, 1.807) is 31.2 Å². The van der Waals surface area contributed by atoms with Gasteiger partial charge in [0, 0.05) is 31.6 Å². The van der Waals surface area contributed by atoms with E-state index in [4.69, 9.17) is 4.74 Å². The van der Waals surface area contributed by atoms with Crippen LogP contribution in [0.1, 0.15) is 30.5 Å². The highest BCUT2D eigenvalue weighted by Crippen LogP contribution is 2.28. The first-order valence-corrected chi connectivity index (χ1v) is 15.6. The monoisotopic (exact) mass is 610 g/mol. The molecular weight excluding hydrogens is 572 g/mol. The number of hydrogen-bond acceptors (Lipinski definition) is 7. The molecule has 11 nitrogen and oxygen atoms in total. The van der Waals surface area contributed by atoms with Crippen molar-refractivity contribution in [2.75, 3.05) is 30.8 Å². The van der Waals surface area contributed by atoms with Crippen molar-refractivity contribution in [1.82, 2.24) is 10.2 Å². The van der Waals surface area contributed by atoms with Crippen molar-refractivity contribution in [3.63, 3.8) is 0 Å². The van der Waals surface area contributed by atoms with E-state index in [9.17, 15) is 28.1 Å². The molecule has 3 aromatic rings. The van der Waals surface area contributed by atoms with E-state index in [0.717, 1.165) is 22.2 Å². The van der Waals surface area contributed by atoms with Crippen LogP contribution in [0.5, 0.6) is 5.75 Å². The summed E-state index contributed by atoms with van der Waals surface area (Å²) in [7, 11) is -2.56. The van der Waals surface area contributed by atoms with Crippen LogP contribution in [0.2, 0.25) is 0 Å². The number of non-ortho nitro benzene ring substituents is 1. The Labute approximate surface area is 252 Å². The Bertz CT molecular complexity index is 1540. The molecule has 0 aromatic heterocycles. The Morgan fingerprint density at radius 1 is 1.00 bits per heavy atom. The van der Waals surface area contributed by atoms with E-state index in [1.807, 2.05) is 44.2 Å². The minimum absolute atomic E-state index is 0.00949. The molecule has 3 aromatic carbocycles. The van der Waals surface area contributed by atoms with Gasteiger partial charge in [-0.25, -0.2) is 8.42 Å². The largest absolute Gasteiger partial charge is 0.497 e. The van der Waals surface area contributed by atoms with Crippen LogP contribution in [-0.4, -0.2) is 62.6 Å². The normalized spacial score (nSPS) is 12.0. The number of nitro benzene ring substituents is 1. The smallest absolute Gasteiger partial charge is 0.271 e. The summed E-state index contributed by atoms with van der Waals surface area (Å²) in [6, 6.07) is 19.1. The zero-order valence-electron chi connectivity index (χ0n) is 25.0. The second-order valence-electron chi connectivity index (χ2n) is 10.7. The average molecular weight is 611 g/mol. The van der Waals surface area contributed by atoms with Crippen molar-refractivity contribution >= 4 is 33.2 Å². The highest BCUT2D eigenvalue weighted by Gasteiger charge is 2.33. The van der Waals surface area contributed by atoms with E-state index >= 15 is 0 Å². The predicted octanol–water partition coefficient (Wildman–Crippen LogP) is 4.09. The third-order valence-electron chi connectivity index (χ3n) is 6.79. The summed E-state index contributed by atoms with van der Waals surface area (Å²) in [6.45, 7) is 5.21. The molecule has 0 heterocycles. The molecule has 0 saturated carbocycles. The topological polar surface area (TPSA) is 139 Å². The maximum Gasteiger partial charge on any atom is 0.271 e. The van der Waals surface area contributed by atoms with Gasteiger partial charge < -0.3 is 15.0 Å². The van der Waals surface area contributed by atoms with Crippen LogP contribution in [-0.2, 0) is 32.6 Å². The molecule has 0 unspecified atom stereocenters. The van der Waals surface area contributed by atoms with Crippen LogP contribution in [0, 0.1) is 23.0 Å². The van der Waals surface area contributed by atoms with Gasteiger partial charge in [-0.3, -0.25) is 24.0 Å². The highest BCUT2D eigenvalue weighted by molar-refractivity contribution is 7.92. The molecule has 1 atom stereocenters. The first-order valence-electron chi connectivity index (χ1n) is 13.8. The summed E-state index contributed by atoms with van der Waals surface area (Å²) in [6.07, 6.45) is 1.11. The molecule has 0 bridgehead atoms. The van der Waals surface area contributed by atoms with E-state index in [2.05, 4.69) is 5.32 Å². The van der Waals surface area contributed by atoms with Gasteiger partial charge in [0.15, 0.2) is 0 Å². The van der Waals surface area contributed by atoms with Crippen molar-refractivity contribution < 1.29 is 27.7 Å². The van der Waals surface area contributed by atoms with Crippen LogP contribution in [0.3, 0.4) is 0 Å². The van der Waals surface area contributed by atoms with Crippen LogP contribution in [0.15, 0.2) is 72.8 Å². The molecule has 3 rings (SSSR count). The Balaban J connectivity index is 2.11. The number of ether oxygens (including phenoxy) is 1. The first-order chi connectivity index (χ1) is 20.3. The van der Waals surface area contributed by atoms with Crippen molar-refractivity contribution in [1.29, 1.82) is 0 Å². The minimum Gasteiger partial charge on any atom is -0.497 e. The fourth-order valence-electron chi connectivity index (χ4n) is 4.52. The summed E-state index contributed by atoms with van der Waals surface area (Å²) in [5, 5.41) is 14.4. The standard InChI is InChI=1S/C31H38N4O7S/c1-22(2)19-32-31(37)29(17-24-10-7-6-8-11-24)33(20-25-12-9-13-27(16-25)42-4)30(36)21-34(43(5,40)41)28-18-26(35(38)39)15-14-23(28)3/h6-16,18,22,29H,17,19-21H2,1-5H3,(H,32,37)/t29-/m0/s1. The zero-order chi connectivity index (χ0) is 31.7. The second-order valence-corrected chi connectivity index (χ2v) is 12.6. The summed E-state index contributed by atoms with van der Waals surface area (Å²) in [4.78, 5) is 40.1. The molecule has 0 saturated heterocycles. The predicted molar refractivity (Wildman–Crippen MR) is 165 cm³/mol. The first kappa shape index (κ1) is 33.1. The fraction of sp³-hybridized carbons (Fsp3) is 0.355. The summed E-state index contributed by atoms with van der Waals surface area (Å²) in [5.41, 5.74) is 1.60. The van der Waals surface area contributed by atoms with E-state index in [1.165, 1.54) is 24.1 Å². The number of nitrogens with zero attached hydrogens (tertiary/aromatic N) is 3. The summed E-state index contributed by atoms with van der Waals surface area (Å²) in [5.74, 6) is -0.328. The minimum atomic E-state index is -4.08. The molecule has 0 aliphatic carbocycles. The van der Waals surface area contributed by atoms with Gasteiger partial charge in [-0.1, -0.05) is 62.4 Å². The second kappa shape index (κ2) is 14.6. The van der Waals surface area contributed by atoms with Gasteiger partial charge in [0.05, 0.1) is 24.0 Å². The van der Waals surface area contributed by atoms with Gasteiger partial charge in [0.1, 0.15) is 18.3 Å². The van der Waals surface area contributed by atoms with Crippen LogP contribution in [0.4, 0.5) is 11.4 Å². The summed E-state index contributed by atoms with van der Waals surface area (Å²) < 4.78 is 32.3.